The molecule has 3 aromatic heterocycles. The zero-order chi connectivity index (χ0) is 73.6. The van der Waals surface area contributed by atoms with Crippen LogP contribution in [0.25, 0.3) is 34.2 Å². The summed E-state index contributed by atoms with van der Waals surface area (Å²) < 4.78 is 98.4. The molecule has 1 N–H and O–H groups in total. The third-order valence-electron chi connectivity index (χ3n) is 13.7. The molecule has 2 aliphatic rings. The molecule has 0 fully saturated rings. The second kappa shape index (κ2) is 59.6. The minimum absolute atomic E-state index is 0. The number of halogens is 12. The molecule has 44 heteroatoms. The van der Waals surface area contributed by atoms with E-state index in [-0.39, 0.29) is 145 Å². The zero-order valence-electron chi connectivity index (χ0n) is 61.2. The molecule has 13 aromatic rings. The molecule has 15 rings (SSSR count). The van der Waals surface area contributed by atoms with Crippen LogP contribution >= 0.6 is 91.6 Å². The SMILES string of the molecule is FP(F)(F)(F)F.FP(F)(F)(F)F.P.P.P.P.P.P.[CH2-]c1ccccc1-c1nnn[n-]1.[CH2-]c1ccccc1-c1nnn[n-]1.[CH2-]c1ccccc1C1=NN=NC1.[CH2-]c1ccccc1C1=NN=NC1.[CH3-].[Cu+2].[Cu+].[Cu+].[Cu].[F-].[F-].c1ccc(P(c2ccccc2)c2ccccc2-c2nn[nH]n2)cc1.c1ccc([PH+](c2ccccc2)c2ccccc2)cc1. The number of rotatable bonds is 11. The number of hydrogen-bond donors (Lipinski definition) is 1. The molecule has 0 bridgehead atoms. The van der Waals surface area contributed by atoms with Gasteiger partial charge in [-0.05, 0) is 77.1 Å². The van der Waals surface area contributed by atoms with Crippen molar-refractivity contribution in [3.63, 3.8) is 0 Å². The Bertz CT molecular complexity index is 4540. The van der Waals surface area contributed by atoms with Crippen LogP contribution in [0.5, 0.6) is 0 Å². The van der Waals surface area contributed by atoms with Gasteiger partial charge < -0.3 is 27.0 Å². The van der Waals surface area contributed by atoms with Crippen molar-refractivity contribution in [2.75, 3.05) is 13.1 Å². The molecule has 5 heterocycles. The summed E-state index contributed by atoms with van der Waals surface area (Å²) in [6.45, 7) is 16.6. The van der Waals surface area contributed by atoms with Crippen molar-refractivity contribution >= 4 is 135 Å². The Morgan fingerprint density at radius 3 is 0.897 bits per heavy atom. The van der Waals surface area contributed by atoms with Gasteiger partial charge in [0, 0.05) is 34.1 Å². The van der Waals surface area contributed by atoms with Gasteiger partial charge in [0.15, 0.2) is 0 Å². The first-order chi connectivity index (χ1) is 49.4. The van der Waals surface area contributed by atoms with Gasteiger partial charge in [-0.2, -0.15) is 159 Å². The Kier molecular flexibility index (Phi) is 61.6. The van der Waals surface area contributed by atoms with Crippen molar-refractivity contribution in [3.05, 3.63) is 341 Å². The summed E-state index contributed by atoms with van der Waals surface area (Å²) in [5, 5.41) is 73.8. The topological polar surface area (TPSA) is 234 Å². The minimum atomic E-state index is -8.55. The minimum Gasteiger partial charge on any atom is -1.00 e. The van der Waals surface area contributed by atoms with Crippen LogP contribution < -0.4 is 51.4 Å². The molecule has 18 nitrogen and oxygen atoms in total. The summed E-state index contributed by atoms with van der Waals surface area (Å²) in [5.41, 5.74) is 10.4. The normalized spacial score (nSPS) is 11.1. The zero-order valence-corrected chi connectivity index (χ0v) is 77.1. The van der Waals surface area contributed by atoms with E-state index in [0.29, 0.717) is 30.6 Å². The molecule has 10 aromatic carbocycles. The molecule has 6 atom stereocenters. The molecule has 0 saturated heterocycles. The van der Waals surface area contributed by atoms with Gasteiger partial charge in [0.1, 0.15) is 15.9 Å². The first-order valence-corrected chi connectivity index (χ1v) is 36.5. The number of hydrogen-bond acceptors (Lipinski definition) is 15. The number of aromatic nitrogens is 12. The average Bonchev–Trinajstić information content (AvgIpc) is 0.908. The van der Waals surface area contributed by atoms with Crippen LogP contribution in [-0.2, 0) is 68.3 Å². The summed E-state index contributed by atoms with van der Waals surface area (Å²) in [7, 11) is -18.7. The van der Waals surface area contributed by atoms with Gasteiger partial charge in [-0.25, -0.2) is 0 Å². The largest absolute Gasteiger partial charge is 2.00 e. The average molecular weight is 1990 g/mol. The third kappa shape index (κ3) is 43.1. The van der Waals surface area contributed by atoms with Crippen LogP contribution in [0.4, 0.5) is 42.0 Å². The molecular formula is C72H80Cu4F12N18P10-4. The third-order valence-corrected chi connectivity index (χ3v) is 18.9. The van der Waals surface area contributed by atoms with E-state index in [4.69, 9.17) is 0 Å². The molecule has 0 saturated carbocycles. The van der Waals surface area contributed by atoms with Crippen LogP contribution in [0.2, 0.25) is 0 Å². The van der Waals surface area contributed by atoms with E-state index in [0.717, 1.165) is 61.5 Å². The second-order valence-corrected chi connectivity index (χ2v) is 28.1. The van der Waals surface area contributed by atoms with E-state index in [1.54, 1.807) is 0 Å². The predicted octanol–water partition coefficient (Wildman–Crippen LogP) is 12.0. The quantitative estimate of drug-likeness (QED) is 0.0553. The maximum Gasteiger partial charge on any atom is 2.00 e. The smallest absolute Gasteiger partial charge is 1.00 e. The second-order valence-electron chi connectivity index (χ2n) is 20.9. The van der Waals surface area contributed by atoms with Gasteiger partial charge in [-0.3, -0.25) is 20.6 Å². The van der Waals surface area contributed by atoms with Crippen molar-refractivity contribution in [3.8, 4) is 34.2 Å². The number of aromatic amines is 1. The Labute approximate surface area is 730 Å². The Morgan fingerprint density at radius 2 is 0.638 bits per heavy atom. The first kappa shape index (κ1) is 120. The van der Waals surface area contributed by atoms with Crippen molar-refractivity contribution < 1.29 is 120 Å². The summed E-state index contributed by atoms with van der Waals surface area (Å²) in [6.07, 6.45) is 0. The predicted molar refractivity (Wildman–Crippen MR) is 463 cm³/mol. The summed E-state index contributed by atoms with van der Waals surface area (Å²) in [5.74, 6) is 1.69. The van der Waals surface area contributed by atoms with Gasteiger partial charge in [0.2, 0.25) is 5.82 Å². The standard InChI is InChI=1S/C19H15N4P.C18H15P.2C9H8N3.2C8H6N4.CH3.4Cu.2F5P.2FH.6H3P/c1-3-9-15(10-4-1)24(16-11-5-2-6-12-16)18-14-8-7-13-17(18)19-20-22-23-21-19;1-4-10-16(11-5-1)19(17-12-6-2-7-13-17)18-14-8-3-9-15-18;2*1-7-4-2-3-5-8(7)9-6-10-12-11-9;2*1-6-4-2-3-5-7(6)8-9-11-12-10-8;;;;;;2*1-6(2,3,4)5;;;;;;;;/h1-14H,(H,20,21,22,23);1-15H;2*2-5H,1,6H2;2*2-5H,1H2;1H3;;;;;;;2*1H;6*1H3/q;;2*-1;2*-2;-1;;2*+1;+2;;;;;;;;;;/p-1. The van der Waals surface area contributed by atoms with Gasteiger partial charge >= 0.3 is 109 Å². The number of nitrogens with zero attached hydrogens (tertiary/aromatic N) is 17. The summed E-state index contributed by atoms with van der Waals surface area (Å²) in [6, 6.07) is 92.9. The molecule has 0 aliphatic carbocycles. The first-order valence-electron chi connectivity index (χ1n) is 30.2. The van der Waals surface area contributed by atoms with E-state index < -0.39 is 32.2 Å². The van der Waals surface area contributed by atoms with E-state index in [9.17, 15) is 42.0 Å². The molecule has 640 valence electrons. The van der Waals surface area contributed by atoms with E-state index in [1.807, 2.05) is 115 Å². The van der Waals surface area contributed by atoms with E-state index in [1.165, 1.54) is 31.8 Å². The van der Waals surface area contributed by atoms with Gasteiger partial charge in [-0.15, -0.1) is 91.2 Å². The summed E-state index contributed by atoms with van der Waals surface area (Å²) >= 11 is 0. The van der Waals surface area contributed by atoms with Crippen LogP contribution in [0, 0.1) is 35.1 Å². The van der Waals surface area contributed by atoms with Crippen molar-refractivity contribution in [2.24, 2.45) is 30.9 Å². The van der Waals surface area contributed by atoms with Gasteiger partial charge in [-0.1, -0.05) is 174 Å². The maximum atomic E-state index is 9.84. The fourth-order valence-electron chi connectivity index (χ4n) is 9.32. The number of tetrazole rings is 3. The van der Waals surface area contributed by atoms with Crippen molar-refractivity contribution in [2.45, 2.75) is 0 Å². The fourth-order valence-corrected chi connectivity index (χ4v) is 14.3. The Hall–Kier alpha value is -7.03. The van der Waals surface area contributed by atoms with Crippen LogP contribution in [0.1, 0.15) is 33.4 Å². The molecule has 2 radical (unpaired) electrons. The van der Waals surface area contributed by atoms with Crippen LogP contribution in [0.3, 0.4) is 0 Å². The molecule has 0 amide bonds. The van der Waals surface area contributed by atoms with Crippen molar-refractivity contribution in [1.82, 2.24) is 61.9 Å². The summed E-state index contributed by atoms with van der Waals surface area (Å²) in [4.78, 5) is 0. The molecule has 0 spiro atoms. The molecular weight excluding hydrogens is 1910 g/mol. The number of H-pyrrole nitrogens is 1. The van der Waals surface area contributed by atoms with Crippen molar-refractivity contribution in [1.29, 1.82) is 0 Å². The van der Waals surface area contributed by atoms with E-state index in [2.05, 4.69) is 278 Å². The van der Waals surface area contributed by atoms with Gasteiger partial charge in [0.25, 0.3) is 0 Å². The van der Waals surface area contributed by atoms with E-state index >= 15 is 0 Å². The fraction of sp³-hybridized carbons (Fsp3) is 0.0278. The van der Waals surface area contributed by atoms with Gasteiger partial charge in [0.05, 0.1) is 21.0 Å². The van der Waals surface area contributed by atoms with Crippen LogP contribution in [-0.4, -0.2) is 76.2 Å². The maximum absolute atomic E-state index is 9.84. The molecule has 2 aliphatic heterocycles. The Balaban J connectivity index is -0.000000303. The van der Waals surface area contributed by atoms with Crippen LogP contribution in [0.15, 0.2) is 304 Å². The monoisotopic (exact) mass is 1990 g/mol. The number of benzene rings is 10. The number of nitrogens with one attached hydrogen (secondary N) is 1. The Morgan fingerprint density at radius 1 is 0.371 bits per heavy atom. The molecule has 116 heavy (non-hydrogen) atoms. The molecule has 6 unspecified atom stereocenters.